The van der Waals surface area contributed by atoms with E-state index in [2.05, 4.69) is 56.8 Å². The third-order valence-electron chi connectivity index (χ3n) is 5.64. The third-order valence-corrected chi connectivity index (χ3v) is 5.64. The molecule has 0 unspecified atom stereocenters. The lowest BCUT2D eigenvalue weighted by molar-refractivity contribution is -0.104. The Morgan fingerprint density at radius 3 is 2.07 bits per heavy atom. The standard InChI is InChI=1S/C21H35N.C4H6O/c1-4-5-6-7-8-9-18-10-12-19(13-11-18)20-14-16-21(17-15-20)22(2)3;1-4(2)3-5/h14-19H,4-13H2,1-3H3;3H,1H2,2H3. The molecule has 2 nitrogen and oxygen atoms in total. The monoisotopic (exact) mass is 371 g/mol. The number of allylic oxidation sites excluding steroid dienone is 1. The molecule has 1 aromatic rings. The molecular weight excluding hydrogens is 330 g/mol. The fraction of sp³-hybridized carbons (Fsp3) is 0.640. The maximum absolute atomic E-state index is 9.41. The van der Waals surface area contributed by atoms with Gasteiger partial charge < -0.3 is 4.90 Å². The van der Waals surface area contributed by atoms with Crippen LogP contribution < -0.4 is 4.90 Å². The lowest BCUT2D eigenvalue weighted by atomic mass is 9.77. The Morgan fingerprint density at radius 1 is 1.04 bits per heavy atom. The SMILES string of the molecule is C=C(C)C=O.CCCCCCCC1CCC(c2ccc(N(C)C)cc2)CC1. The van der Waals surface area contributed by atoms with Gasteiger partial charge in [-0.2, -0.15) is 0 Å². The maximum atomic E-state index is 9.41. The molecule has 1 aromatic carbocycles. The van der Waals surface area contributed by atoms with Crippen LogP contribution in [0.5, 0.6) is 0 Å². The topological polar surface area (TPSA) is 20.3 Å². The summed E-state index contributed by atoms with van der Waals surface area (Å²) in [6.07, 6.45) is 15.1. The molecule has 0 atom stereocenters. The number of hydrogen-bond acceptors (Lipinski definition) is 2. The van der Waals surface area contributed by atoms with E-state index in [4.69, 9.17) is 0 Å². The summed E-state index contributed by atoms with van der Waals surface area (Å²) in [6.45, 7) is 7.26. The molecule has 1 saturated carbocycles. The molecule has 1 aliphatic carbocycles. The summed E-state index contributed by atoms with van der Waals surface area (Å²) >= 11 is 0. The molecule has 0 N–H and O–H groups in total. The Bertz CT molecular complexity index is 524. The second-order valence-corrected chi connectivity index (χ2v) is 8.37. The van der Waals surface area contributed by atoms with E-state index in [0.717, 1.165) is 18.1 Å². The van der Waals surface area contributed by atoms with E-state index in [1.165, 1.54) is 69.9 Å². The Morgan fingerprint density at radius 2 is 1.59 bits per heavy atom. The van der Waals surface area contributed by atoms with Gasteiger partial charge in [-0.15, -0.1) is 0 Å². The Hall–Kier alpha value is -1.57. The van der Waals surface area contributed by atoms with E-state index in [1.807, 2.05) is 0 Å². The number of anilines is 1. The number of hydrogen-bond donors (Lipinski definition) is 0. The average Bonchev–Trinajstić information content (AvgIpc) is 2.69. The highest BCUT2D eigenvalue weighted by Crippen LogP contribution is 2.38. The van der Waals surface area contributed by atoms with Gasteiger partial charge in [0.25, 0.3) is 0 Å². The number of aldehydes is 1. The van der Waals surface area contributed by atoms with Gasteiger partial charge in [-0.1, -0.05) is 64.2 Å². The molecule has 0 spiro atoms. The minimum atomic E-state index is 0.574. The van der Waals surface area contributed by atoms with Crippen LogP contribution in [0.4, 0.5) is 5.69 Å². The highest BCUT2D eigenvalue weighted by Gasteiger charge is 2.21. The van der Waals surface area contributed by atoms with E-state index in [0.29, 0.717) is 5.57 Å². The van der Waals surface area contributed by atoms with E-state index < -0.39 is 0 Å². The Labute approximate surface area is 168 Å². The molecule has 152 valence electrons. The van der Waals surface area contributed by atoms with Gasteiger partial charge in [-0.05, 0) is 67.7 Å². The van der Waals surface area contributed by atoms with Crippen molar-refractivity contribution in [1.82, 2.24) is 0 Å². The molecule has 0 saturated heterocycles. The van der Waals surface area contributed by atoms with Crippen LogP contribution >= 0.6 is 0 Å². The quantitative estimate of drug-likeness (QED) is 0.261. The van der Waals surface area contributed by atoms with Gasteiger partial charge in [0.05, 0.1) is 0 Å². The van der Waals surface area contributed by atoms with Gasteiger partial charge in [0.15, 0.2) is 0 Å². The number of benzene rings is 1. The molecule has 27 heavy (non-hydrogen) atoms. The van der Waals surface area contributed by atoms with Gasteiger partial charge in [-0.25, -0.2) is 0 Å². The Balaban J connectivity index is 0.000000646. The third kappa shape index (κ3) is 9.79. The zero-order valence-corrected chi connectivity index (χ0v) is 18.2. The number of nitrogens with zero attached hydrogens (tertiary/aromatic N) is 1. The van der Waals surface area contributed by atoms with Crippen LogP contribution in [0.15, 0.2) is 36.4 Å². The maximum Gasteiger partial charge on any atom is 0.145 e. The van der Waals surface area contributed by atoms with Crippen LogP contribution in [0.25, 0.3) is 0 Å². The van der Waals surface area contributed by atoms with Gasteiger partial charge in [0.1, 0.15) is 6.29 Å². The minimum absolute atomic E-state index is 0.574. The summed E-state index contributed by atoms with van der Waals surface area (Å²) in [7, 11) is 4.22. The molecule has 2 heteroatoms. The van der Waals surface area contributed by atoms with Crippen molar-refractivity contribution < 1.29 is 4.79 Å². The van der Waals surface area contributed by atoms with Gasteiger partial charge in [-0.3, -0.25) is 4.79 Å². The van der Waals surface area contributed by atoms with E-state index in [1.54, 1.807) is 12.5 Å². The van der Waals surface area contributed by atoms with Crippen molar-refractivity contribution in [3.63, 3.8) is 0 Å². The second-order valence-electron chi connectivity index (χ2n) is 8.37. The molecular formula is C25H41NO. The van der Waals surface area contributed by atoms with Crippen molar-refractivity contribution in [2.45, 2.75) is 84.0 Å². The van der Waals surface area contributed by atoms with Gasteiger partial charge >= 0.3 is 0 Å². The number of unbranched alkanes of at least 4 members (excludes halogenated alkanes) is 4. The van der Waals surface area contributed by atoms with E-state index >= 15 is 0 Å². The zero-order chi connectivity index (χ0) is 20.1. The number of carbonyl (C=O) groups is 1. The van der Waals surface area contributed by atoms with Crippen molar-refractivity contribution >= 4 is 12.0 Å². The fourth-order valence-electron chi connectivity index (χ4n) is 3.87. The molecule has 0 radical (unpaired) electrons. The first kappa shape index (κ1) is 23.5. The van der Waals surface area contributed by atoms with Crippen LogP contribution in [-0.4, -0.2) is 20.4 Å². The summed E-state index contributed by atoms with van der Waals surface area (Å²) in [5, 5.41) is 0. The summed E-state index contributed by atoms with van der Waals surface area (Å²) < 4.78 is 0. The van der Waals surface area contributed by atoms with Crippen LogP contribution in [0, 0.1) is 5.92 Å². The number of carbonyl (C=O) groups excluding carboxylic acids is 1. The van der Waals surface area contributed by atoms with Gasteiger partial charge in [0.2, 0.25) is 0 Å². The molecule has 2 rings (SSSR count). The van der Waals surface area contributed by atoms with Crippen LogP contribution in [0.1, 0.15) is 89.5 Å². The first-order valence-electron chi connectivity index (χ1n) is 10.9. The van der Waals surface area contributed by atoms with Crippen molar-refractivity contribution in [3.05, 3.63) is 42.0 Å². The largest absolute Gasteiger partial charge is 0.378 e. The van der Waals surface area contributed by atoms with Crippen LogP contribution in [-0.2, 0) is 4.79 Å². The fourth-order valence-corrected chi connectivity index (χ4v) is 3.87. The second kappa shape index (κ2) is 13.6. The first-order chi connectivity index (χ1) is 13.0. The first-order valence-corrected chi connectivity index (χ1v) is 10.9. The smallest absolute Gasteiger partial charge is 0.145 e. The Kier molecular flexibility index (Phi) is 11.8. The predicted molar refractivity (Wildman–Crippen MR) is 120 cm³/mol. The molecule has 1 fully saturated rings. The molecule has 0 heterocycles. The zero-order valence-electron chi connectivity index (χ0n) is 18.2. The van der Waals surface area contributed by atoms with E-state index in [-0.39, 0.29) is 0 Å². The summed E-state index contributed by atoms with van der Waals surface area (Å²) in [6, 6.07) is 9.25. The molecule has 0 bridgehead atoms. The van der Waals surface area contributed by atoms with Crippen molar-refractivity contribution in [2.75, 3.05) is 19.0 Å². The summed E-state index contributed by atoms with van der Waals surface area (Å²) in [5.41, 5.74) is 3.45. The molecule has 1 aliphatic rings. The van der Waals surface area contributed by atoms with Gasteiger partial charge in [0, 0.05) is 19.8 Å². The minimum Gasteiger partial charge on any atom is -0.378 e. The van der Waals surface area contributed by atoms with Crippen LogP contribution in [0.2, 0.25) is 0 Å². The summed E-state index contributed by atoms with van der Waals surface area (Å²) in [4.78, 5) is 11.6. The lowest BCUT2D eigenvalue weighted by Crippen LogP contribution is -2.14. The molecule has 0 aliphatic heterocycles. The molecule has 0 aromatic heterocycles. The van der Waals surface area contributed by atoms with Crippen molar-refractivity contribution in [1.29, 1.82) is 0 Å². The lowest BCUT2D eigenvalue weighted by Gasteiger charge is -2.29. The predicted octanol–water partition coefficient (Wildman–Crippen LogP) is 7.15. The van der Waals surface area contributed by atoms with Crippen LogP contribution in [0.3, 0.4) is 0 Å². The highest BCUT2D eigenvalue weighted by atomic mass is 16.1. The molecule has 0 amide bonds. The average molecular weight is 372 g/mol. The summed E-state index contributed by atoms with van der Waals surface area (Å²) in [5.74, 6) is 1.83. The highest BCUT2D eigenvalue weighted by molar-refractivity contribution is 5.70. The normalized spacial score (nSPS) is 19.0. The van der Waals surface area contributed by atoms with E-state index in [9.17, 15) is 4.79 Å². The van der Waals surface area contributed by atoms with Crippen molar-refractivity contribution in [2.24, 2.45) is 5.92 Å². The number of rotatable bonds is 9. The van der Waals surface area contributed by atoms with Crippen molar-refractivity contribution in [3.8, 4) is 0 Å².